The number of rotatable bonds is 3. The lowest BCUT2D eigenvalue weighted by atomic mass is 10.2. The van der Waals surface area contributed by atoms with Crippen LogP contribution in [0.2, 0.25) is 0 Å². The van der Waals surface area contributed by atoms with Crippen LogP contribution in [0.5, 0.6) is 0 Å². The van der Waals surface area contributed by atoms with Crippen molar-refractivity contribution in [3.63, 3.8) is 0 Å². The predicted molar refractivity (Wildman–Crippen MR) is 60.7 cm³/mol. The molecule has 2 aliphatic heterocycles. The zero-order valence-electron chi connectivity index (χ0n) is 8.65. The molecule has 2 atom stereocenters. The average Bonchev–Trinajstić information content (AvgIpc) is 2.71. The molecule has 0 bridgehead atoms. The van der Waals surface area contributed by atoms with E-state index in [9.17, 15) is 0 Å². The Kier molecular flexibility index (Phi) is 4.10. The molecule has 0 aliphatic carbocycles. The molecule has 2 fully saturated rings. The maximum absolute atomic E-state index is 5.77. The van der Waals surface area contributed by atoms with Crippen LogP contribution in [0.3, 0.4) is 0 Å². The van der Waals surface area contributed by atoms with Gasteiger partial charge in [0.05, 0.1) is 6.10 Å². The third-order valence-corrected chi connectivity index (χ3v) is 4.18. The van der Waals surface area contributed by atoms with Crippen molar-refractivity contribution in [1.29, 1.82) is 0 Å². The van der Waals surface area contributed by atoms with Gasteiger partial charge in [0, 0.05) is 43.8 Å². The van der Waals surface area contributed by atoms with Gasteiger partial charge in [-0.15, -0.1) is 0 Å². The molecule has 2 rings (SSSR count). The molecular weight excluding hydrogens is 196 g/mol. The Hall–Kier alpha value is 0.230. The van der Waals surface area contributed by atoms with Gasteiger partial charge in [-0.1, -0.05) is 0 Å². The van der Waals surface area contributed by atoms with Crippen molar-refractivity contribution in [1.82, 2.24) is 4.90 Å². The molecule has 0 radical (unpaired) electrons. The number of ether oxygens (including phenoxy) is 1. The Morgan fingerprint density at radius 2 is 2.43 bits per heavy atom. The molecule has 0 spiro atoms. The Bertz CT molecular complexity index is 174. The molecule has 0 saturated carbocycles. The van der Waals surface area contributed by atoms with Gasteiger partial charge in [-0.25, -0.2) is 0 Å². The quantitative estimate of drug-likeness (QED) is 0.747. The number of thioether (sulfide) groups is 1. The van der Waals surface area contributed by atoms with Crippen LogP contribution in [0, 0.1) is 0 Å². The van der Waals surface area contributed by atoms with E-state index < -0.39 is 0 Å². The molecule has 2 unspecified atom stereocenters. The molecule has 2 N–H and O–H groups in total. The zero-order valence-corrected chi connectivity index (χ0v) is 9.47. The van der Waals surface area contributed by atoms with Crippen molar-refractivity contribution >= 4 is 11.8 Å². The predicted octanol–water partition coefficient (Wildman–Crippen LogP) is 0.541. The standard InChI is InChI=1S/C10H20N2OS/c11-6-9-8-14-5-3-12(9)7-10-2-1-4-13-10/h9-10H,1-8,11H2. The highest BCUT2D eigenvalue weighted by Gasteiger charge is 2.25. The summed E-state index contributed by atoms with van der Waals surface area (Å²) in [6.45, 7) is 4.04. The maximum Gasteiger partial charge on any atom is 0.0702 e. The normalized spacial score (nSPS) is 34.9. The first kappa shape index (κ1) is 10.7. The molecule has 2 heterocycles. The molecule has 0 aromatic heterocycles. The lowest BCUT2D eigenvalue weighted by molar-refractivity contribution is 0.0631. The van der Waals surface area contributed by atoms with Crippen molar-refractivity contribution in [2.24, 2.45) is 5.73 Å². The second kappa shape index (κ2) is 5.35. The van der Waals surface area contributed by atoms with Crippen molar-refractivity contribution in [3.05, 3.63) is 0 Å². The molecule has 4 heteroatoms. The van der Waals surface area contributed by atoms with E-state index in [1.165, 1.54) is 30.9 Å². The summed E-state index contributed by atoms with van der Waals surface area (Å²) < 4.78 is 5.66. The molecule has 2 saturated heterocycles. The zero-order chi connectivity index (χ0) is 9.80. The molecular formula is C10H20N2OS. The van der Waals surface area contributed by atoms with Crippen molar-refractivity contribution < 1.29 is 4.74 Å². The second-order valence-electron chi connectivity index (χ2n) is 4.09. The van der Waals surface area contributed by atoms with E-state index in [0.717, 1.165) is 19.7 Å². The Balaban J connectivity index is 1.81. The molecule has 0 aromatic carbocycles. The lowest BCUT2D eigenvalue weighted by Crippen LogP contribution is -2.49. The minimum atomic E-state index is 0.479. The van der Waals surface area contributed by atoms with Gasteiger partial charge in [-0.3, -0.25) is 4.90 Å². The fraction of sp³-hybridized carbons (Fsp3) is 1.00. The minimum absolute atomic E-state index is 0.479. The van der Waals surface area contributed by atoms with Gasteiger partial charge in [-0.2, -0.15) is 11.8 Å². The molecule has 14 heavy (non-hydrogen) atoms. The average molecular weight is 216 g/mol. The highest BCUT2D eigenvalue weighted by atomic mass is 32.2. The first-order valence-electron chi connectivity index (χ1n) is 5.53. The summed E-state index contributed by atoms with van der Waals surface area (Å²) in [5.41, 5.74) is 5.77. The number of hydrogen-bond donors (Lipinski definition) is 1. The van der Waals surface area contributed by atoms with E-state index in [2.05, 4.69) is 4.90 Å². The summed E-state index contributed by atoms with van der Waals surface area (Å²) in [7, 11) is 0. The van der Waals surface area contributed by atoms with Crippen LogP contribution in [0.1, 0.15) is 12.8 Å². The Morgan fingerprint density at radius 1 is 1.50 bits per heavy atom. The minimum Gasteiger partial charge on any atom is -0.377 e. The third-order valence-electron chi connectivity index (χ3n) is 3.08. The SMILES string of the molecule is NCC1CSCCN1CC1CCCO1. The van der Waals surface area contributed by atoms with Gasteiger partial charge in [0.2, 0.25) is 0 Å². The van der Waals surface area contributed by atoms with Crippen LogP contribution in [-0.2, 0) is 4.74 Å². The van der Waals surface area contributed by atoms with E-state index in [0.29, 0.717) is 12.1 Å². The topological polar surface area (TPSA) is 38.5 Å². The number of hydrogen-bond acceptors (Lipinski definition) is 4. The molecule has 0 aromatic rings. The van der Waals surface area contributed by atoms with Crippen molar-refractivity contribution in [2.75, 3.05) is 37.7 Å². The van der Waals surface area contributed by atoms with Crippen LogP contribution < -0.4 is 5.73 Å². The fourth-order valence-electron chi connectivity index (χ4n) is 2.20. The largest absolute Gasteiger partial charge is 0.377 e. The van der Waals surface area contributed by atoms with E-state index >= 15 is 0 Å². The van der Waals surface area contributed by atoms with E-state index in [-0.39, 0.29) is 0 Å². The molecule has 2 aliphatic rings. The summed E-state index contributed by atoms with van der Waals surface area (Å²) in [5.74, 6) is 2.45. The van der Waals surface area contributed by atoms with E-state index in [1.54, 1.807) is 0 Å². The molecule has 82 valence electrons. The van der Waals surface area contributed by atoms with Gasteiger partial charge in [-0.05, 0) is 12.8 Å². The number of nitrogens with zero attached hydrogens (tertiary/aromatic N) is 1. The summed E-state index contributed by atoms with van der Waals surface area (Å²) >= 11 is 2.03. The van der Waals surface area contributed by atoms with Crippen LogP contribution in [0.25, 0.3) is 0 Å². The van der Waals surface area contributed by atoms with Crippen molar-refractivity contribution in [3.8, 4) is 0 Å². The van der Waals surface area contributed by atoms with Gasteiger partial charge in [0.25, 0.3) is 0 Å². The van der Waals surface area contributed by atoms with Crippen LogP contribution in [0.15, 0.2) is 0 Å². The Labute approximate surface area is 90.3 Å². The molecule has 3 nitrogen and oxygen atoms in total. The van der Waals surface area contributed by atoms with Crippen molar-refractivity contribution in [2.45, 2.75) is 25.0 Å². The first-order valence-corrected chi connectivity index (χ1v) is 6.69. The third kappa shape index (κ3) is 2.63. The van der Waals surface area contributed by atoms with Crippen LogP contribution in [0.4, 0.5) is 0 Å². The maximum atomic E-state index is 5.77. The lowest BCUT2D eigenvalue weighted by Gasteiger charge is -2.35. The molecule has 0 amide bonds. The Morgan fingerprint density at radius 3 is 3.14 bits per heavy atom. The van der Waals surface area contributed by atoms with Gasteiger partial charge < -0.3 is 10.5 Å². The van der Waals surface area contributed by atoms with E-state index in [1.807, 2.05) is 11.8 Å². The monoisotopic (exact) mass is 216 g/mol. The summed E-state index contributed by atoms with van der Waals surface area (Å²) in [4.78, 5) is 2.52. The highest BCUT2D eigenvalue weighted by molar-refractivity contribution is 7.99. The summed E-state index contributed by atoms with van der Waals surface area (Å²) in [5, 5.41) is 0. The summed E-state index contributed by atoms with van der Waals surface area (Å²) in [6, 6.07) is 0.581. The number of nitrogens with two attached hydrogens (primary N) is 1. The van der Waals surface area contributed by atoms with Gasteiger partial charge >= 0.3 is 0 Å². The van der Waals surface area contributed by atoms with E-state index in [4.69, 9.17) is 10.5 Å². The second-order valence-corrected chi connectivity index (χ2v) is 5.24. The van der Waals surface area contributed by atoms with Crippen LogP contribution >= 0.6 is 11.8 Å². The van der Waals surface area contributed by atoms with Gasteiger partial charge in [0.1, 0.15) is 0 Å². The summed E-state index contributed by atoms with van der Waals surface area (Å²) in [6.07, 6.45) is 2.95. The van der Waals surface area contributed by atoms with Gasteiger partial charge in [0.15, 0.2) is 0 Å². The highest BCUT2D eigenvalue weighted by Crippen LogP contribution is 2.19. The van der Waals surface area contributed by atoms with Crippen LogP contribution in [-0.4, -0.2) is 54.8 Å². The first-order chi connectivity index (χ1) is 6.90. The fourth-order valence-corrected chi connectivity index (χ4v) is 3.35. The smallest absolute Gasteiger partial charge is 0.0702 e.